The van der Waals surface area contributed by atoms with Crippen molar-refractivity contribution < 1.29 is 14.7 Å². The molecule has 7 nitrogen and oxygen atoms in total. The Morgan fingerprint density at radius 3 is 2.83 bits per heavy atom. The van der Waals surface area contributed by atoms with Crippen molar-refractivity contribution in [3.05, 3.63) is 40.8 Å². The molecule has 1 amide bonds. The highest BCUT2D eigenvalue weighted by molar-refractivity contribution is 6.34. The Kier molecular flexibility index (Phi) is 3.24. The van der Waals surface area contributed by atoms with Crippen LogP contribution in [0.5, 0.6) is 0 Å². The maximum Gasteiger partial charge on any atom is 0.353 e. The average molecular weight is 267 g/mol. The Morgan fingerprint density at radius 2 is 2.22 bits per heavy atom. The number of hydrogen-bond donors (Lipinski definition) is 3. The number of carboxylic acid groups (broad SMARTS) is 1. The van der Waals surface area contributed by atoms with Gasteiger partial charge in [0.1, 0.15) is 5.69 Å². The van der Waals surface area contributed by atoms with Gasteiger partial charge in [0.05, 0.1) is 10.6 Å². The number of nitrogens with one attached hydrogen (secondary N) is 2. The largest absolute Gasteiger partial charge is 0.477 e. The lowest BCUT2D eigenvalue weighted by atomic mass is 10.2. The number of H-pyrrole nitrogens is 1. The molecule has 0 aromatic carbocycles. The van der Waals surface area contributed by atoms with Crippen molar-refractivity contribution in [2.24, 2.45) is 0 Å². The van der Waals surface area contributed by atoms with Crippen LogP contribution < -0.4 is 5.32 Å². The number of hydrogen-bond acceptors (Lipinski definition) is 4. The number of aromatic carboxylic acids is 1. The van der Waals surface area contributed by atoms with Gasteiger partial charge < -0.3 is 10.4 Å². The molecule has 0 fully saturated rings. The fourth-order valence-corrected chi connectivity index (χ4v) is 1.41. The van der Waals surface area contributed by atoms with Crippen molar-refractivity contribution in [1.29, 1.82) is 0 Å². The van der Waals surface area contributed by atoms with Crippen LogP contribution in [-0.2, 0) is 0 Å². The monoisotopic (exact) mass is 266 g/mol. The smallest absolute Gasteiger partial charge is 0.353 e. The normalized spacial score (nSPS) is 10.1. The van der Waals surface area contributed by atoms with E-state index in [2.05, 4.69) is 20.5 Å². The second kappa shape index (κ2) is 4.84. The first-order valence-electron chi connectivity index (χ1n) is 4.77. The predicted octanol–water partition coefficient (Wildman–Crippen LogP) is 1.41. The molecule has 0 aliphatic rings. The van der Waals surface area contributed by atoms with E-state index in [0.29, 0.717) is 0 Å². The van der Waals surface area contributed by atoms with Crippen LogP contribution >= 0.6 is 11.6 Å². The third kappa shape index (κ3) is 2.46. The van der Waals surface area contributed by atoms with E-state index in [4.69, 9.17) is 16.7 Å². The van der Waals surface area contributed by atoms with E-state index >= 15 is 0 Å². The summed E-state index contributed by atoms with van der Waals surface area (Å²) in [5, 5.41) is 17.2. The van der Waals surface area contributed by atoms with E-state index in [0.717, 1.165) is 0 Å². The highest BCUT2D eigenvalue weighted by Gasteiger charge is 2.13. The summed E-state index contributed by atoms with van der Waals surface area (Å²) in [6.45, 7) is 0. The van der Waals surface area contributed by atoms with E-state index < -0.39 is 11.9 Å². The van der Waals surface area contributed by atoms with Crippen LogP contribution in [0.4, 0.5) is 5.82 Å². The van der Waals surface area contributed by atoms with Gasteiger partial charge in [0.15, 0.2) is 5.82 Å². The number of carbonyl (C=O) groups excluding carboxylic acids is 1. The minimum Gasteiger partial charge on any atom is -0.477 e. The molecular weight excluding hydrogens is 260 g/mol. The molecule has 0 spiro atoms. The lowest BCUT2D eigenvalue weighted by molar-refractivity contribution is 0.0690. The SMILES string of the molecule is O=C(O)c1cc(NC(=O)c2cnccc2Cl)n[nH]1. The summed E-state index contributed by atoms with van der Waals surface area (Å²) >= 11 is 5.82. The summed E-state index contributed by atoms with van der Waals surface area (Å²) < 4.78 is 0. The minimum absolute atomic E-state index is 0.0947. The minimum atomic E-state index is -1.16. The quantitative estimate of drug-likeness (QED) is 0.778. The highest BCUT2D eigenvalue weighted by Crippen LogP contribution is 2.15. The summed E-state index contributed by atoms with van der Waals surface area (Å²) in [7, 11) is 0. The van der Waals surface area contributed by atoms with Crippen molar-refractivity contribution in [1.82, 2.24) is 15.2 Å². The fraction of sp³-hybridized carbons (Fsp3) is 0. The summed E-state index contributed by atoms with van der Waals surface area (Å²) in [5.74, 6) is -1.59. The zero-order chi connectivity index (χ0) is 13.1. The number of halogens is 1. The number of rotatable bonds is 3. The highest BCUT2D eigenvalue weighted by atomic mass is 35.5. The molecule has 92 valence electrons. The van der Waals surface area contributed by atoms with Gasteiger partial charge in [-0.2, -0.15) is 5.10 Å². The van der Waals surface area contributed by atoms with Crippen molar-refractivity contribution in [2.45, 2.75) is 0 Å². The summed E-state index contributed by atoms with van der Waals surface area (Å²) in [6.07, 6.45) is 2.76. The Bertz CT molecular complexity index is 611. The van der Waals surface area contributed by atoms with Crippen molar-refractivity contribution in [2.75, 3.05) is 5.32 Å². The van der Waals surface area contributed by atoms with Gasteiger partial charge in [0.25, 0.3) is 5.91 Å². The van der Waals surface area contributed by atoms with Crippen molar-refractivity contribution in [3.8, 4) is 0 Å². The van der Waals surface area contributed by atoms with Crippen LogP contribution in [0, 0.1) is 0 Å². The molecule has 0 saturated heterocycles. The predicted molar refractivity (Wildman–Crippen MR) is 62.7 cm³/mol. The van der Waals surface area contributed by atoms with Crippen LogP contribution in [0.3, 0.4) is 0 Å². The number of anilines is 1. The molecule has 0 atom stereocenters. The Hall–Kier alpha value is -2.41. The number of nitrogens with zero attached hydrogens (tertiary/aromatic N) is 2. The molecule has 0 saturated carbocycles. The first kappa shape index (κ1) is 12.1. The number of aromatic nitrogens is 3. The van der Waals surface area contributed by atoms with E-state index in [1.165, 1.54) is 24.5 Å². The maximum absolute atomic E-state index is 11.8. The Morgan fingerprint density at radius 1 is 1.44 bits per heavy atom. The molecule has 0 aliphatic heterocycles. The standard InChI is InChI=1S/C10H7ClN4O3/c11-6-1-2-12-4-5(6)9(16)13-8-3-7(10(17)18)14-15-8/h1-4H,(H,17,18)(H2,13,14,15,16). The lowest BCUT2D eigenvalue weighted by Crippen LogP contribution is -2.13. The fourth-order valence-electron chi connectivity index (χ4n) is 1.22. The lowest BCUT2D eigenvalue weighted by Gasteiger charge is -2.02. The van der Waals surface area contributed by atoms with Gasteiger partial charge in [-0.1, -0.05) is 11.6 Å². The van der Waals surface area contributed by atoms with Gasteiger partial charge in [-0.05, 0) is 6.07 Å². The molecule has 0 radical (unpaired) electrons. The number of amides is 1. The second-order valence-electron chi connectivity index (χ2n) is 3.28. The van der Waals surface area contributed by atoms with Crippen LogP contribution in [0.1, 0.15) is 20.8 Å². The third-order valence-electron chi connectivity index (χ3n) is 2.06. The molecule has 0 unspecified atom stereocenters. The van der Waals surface area contributed by atoms with Crippen molar-refractivity contribution >= 4 is 29.3 Å². The topological polar surface area (TPSA) is 108 Å². The number of pyridine rings is 1. The molecule has 8 heteroatoms. The number of aromatic amines is 1. The first-order chi connectivity index (χ1) is 8.58. The molecule has 0 aliphatic carbocycles. The summed E-state index contributed by atoms with van der Waals surface area (Å²) in [5.41, 5.74) is 0.0571. The molecule has 0 bridgehead atoms. The molecule has 2 aromatic rings. The van der Waals surface area contributed by atoms with Gasteiger partial charge in [-0.15, -0.1) is 0 Å². The summed E-state index contributed by atoms with van der Waals surface area (Å²) in [4.78, 5) is 26.2. The van der Waals surface area contributed by atoms with Gasteiger partial charge >= 0.3 is 5.97 Å². The second-order valence-corrected chi connectivity index (χ2v) is 3.69. The van der Waals surface area contributed by atoms with E-state index in [1.807, 2.05) is 0 Å². The molecule has 2 aromatic heterocycles. The number of carbonyl (C=O) groups is 2. The molecule has 2 heterocycles. The van der Waals surface area contributed by atoms with Gasteiger partial charge in [-0.25, -0.2) is 4.79 Å². The van der Waals surface area contributed by atoms with Gasteiger partial charge in [0, 0.05) is 18.5 Å². The zero-order valence-corrected chi connectivity index (χ0v) is 9.60. The maximum atomic E-state index is 11.8. The van der Waals surface area contributed by atoms with E-state index in [9.17, 15) is 9.59 Å². The Labute approximate surface area is 106 Å². The zero-order valence-electron chi connectivity index (χ0n) is 8.85. The van der Waals surface area contributed by atoms with Crippen LogP contribution in [0.25, 0.3) is 0 Å². The van der Waals surface area contributed by atoms with Crippen LogP contribution in [0.15, 0.2) is 24.5 Å². The van der Waals surface area contributed by atoms with Crippen LogP contribution in [-0.4, -0.2) is 32.2 Å². The summed E-state index contributed by atoms with van der Waals surface area (Å²) in [6, 6.07) is 2.67. The molecular formula is C10H7ClN4O3. The van der Waals surface area contributed by atoms with Gasteiger partial charge in [0.2, 0.25) is 0 Å². The Balaban J connectivity index is 2.16. The molecule has 3 N–H and O–H groups in total. The average Bonchev–Trinajstić information content (AvgIpc) is 2.78. The third-order valence-corrected chi connectivity index (χ3v) is 2.39. The molecule has 2 rings (SSSR count). The first-order valence-corrected chi connectivity index (χ1v) is 5.15. The van der Waals surface area contributed by atoms with E-state index in [-0.39, 0.29) is 22.1 Å². The molecule has 18 heavy (non-hydrogen) atoms. The van der Waals surface area contributed by atoms with Gasteiger partial charge in [-0.3, -0.25) is 14.9 Å². The number of carboxylic acids is 1. The van der Waals surface area contributed by atoms with Crippen molar-refractivity contribution in [3.63, 3.8) is 0 Å². The van der Waals surface area contributed by atoms with Crippen LogP contribution in [0.2, 0.25) is 5.02 Å². The van der Waals surface area contributed by atoms with E-state index in [1.54, 1.807) is 0 Å².